The molecular formula is C27H31ClN3O2S+. The molecule has 1 saturated heterocycles. The first-order valence-electron chi connectivity index (χ1n) is 12.2. The van der Waals surface area contributed by atoms with Crippen molar-refractivity contribution in [1.82, 2.24) is 4.90 Å². The standard InChI is InChI=1S/C27H30ClN3O2S/c1-29-23-17-20(26(32)31-15-13-30(14-16-31)21-8-3-2-4-9-21)11-12-24(23)34-25(27(29)33)18-19-7-5-6-10-22(19)28/h5-7,10-12,17-18,21H,2-4,8-9,13-16H2,1H3/p+1. The zero-order valence-corrected chi connectivity index (χ0v) is 21.1. The lowest BCUT2D eigenvalue weighted by Crippen LogP contribution is -3.18. The van der Waals surface area contributed by atoms with E-state index in [1.807, 2.05) is 53.4 Å². The van der Waals surface area contributed by atoms with E-state index in [4.69, 9.17) is 11.6 Å². The Hall–Kier alpha value is -2.28. The fourth-order valence-electron chi connectivity index (χ4n) is 5.36. The first kappa shape index (κ1) is 23.5. The molecule has 0 spiro atoms. The van der Waals surface area contributed by atoms with Gasteiger partial charge in [-0.05, 0) is 61.6 Å². The van der Waals surface area contributed by atoms with E-state index < -0.39 is 0 Å². The Kier molecular flexibility index (Phi) is 7.00. The van der Waals surface area contributed by atoms with Crippen LogP contribution in [0.1, 0.15) is 48.0 Å². The molecule has 1 N–H and O–H groups in total. The van der Waals surface area contributed by atoms with Gasteiger partial charge in [-0.25, -0.2) is 0 Å². The lowest BCUT2D eigenvalue weighted by molar-refractivity contribution is -0.930. The monoisotopic (exact) mass is 496 g/mol. The smallest absolute Gasteiger partial charge is 0.264 e. The van der Waals surface area contributed by atoms with Gasteiger partial charge < -0.3 is 14.7 Å². The molecule has 2 heterocycles. The number of anilines is 1. The molecule has 5 nitrogen and oxygen atoms in total. The van der Waals surface area contributed by atoms with Crippen molar-refractivity contribution in [3.63, 3.8) is 0 Å². The van der Waals surface area contributed by atoms with Gasteiger partial charge in [0.15, 0.2) is 0 Å². The molecule has 2 fully saturated rings. The Labute approximate surface area is 210 Å². The molecule has 0 radical (unpaired) electrons. The number of hydrogen-bond donors (Lipinski definition) is 1. The summed E-state index contributed by atoms with van der Waals surface area (Å²) in [6.07, 6.45) is 8.58. The maximum absolute atomic E-state index is 13.3. The molecule has 0 atom stereocenters. The SMILES string of the molecule is CN1C(=O)C(=Cc2ccccc2Cl)Sc2ccc(C(=O)N3CC[NH+](C4CCCCC4)CC3)cc21. The van der Waals surface area contributed by atoms with E-state index in [0.29, 0.717) is 15.5 Å². The molecule has 178 valence electrons. The normalized spacial score (nSPS) is 21.1. The maximum atomic E-state index is 13.3. The van der Waals surface area contributed by atoms with Gasteiger partial charge in [-0.15, -0.1) is 0 Å². The number of benzene rings is 2. The average molecular weight is 497 g/mol. The number of carbonyl (C=O) groups excluding carboxylic acids is 2. The quantitative estimate of drug-likeness (QED) is 0.650. The number of thioether (sulfide) groups is 1. The molecule has 3 aliphatic rings. The van der Waals surface area contributed by atoms with Crippen LogP contribution in [0.25, 0.3) is 6.08 Å². The van der Waals surface area contributed by atoms with E-state index in [-0.39, 0.29) is 11.8 Å². The van der Waals surface area contributed by atoms with Gasteiger partial charge in [0, 0.05) is 22.5 Å². The summed E-state index contributed by atoms with van der Waals surface area (Å²) in [7, 11) is 1.77. The average Bonchev–Trinajstić information content (AvgIpc) is 2.88. The zero-order valence-electron chi connectivity index (χ0n) is 19.6. The van der Waals surface area contributed by atoms with Crippen LogP contribution in [0, 0.1) is 0 Å². The molecule has 2 aromatic carbocycles. The molecule has 0 bridgehead atoms. The first-order valence-corrected chi connectivity index (χ1v) is 13.4. The summed E-state index contributed by atoms with van der Waals surface area (Å²) in [5.74, 6) is -0.0273. The number of fused-ring (bicyclic) bond motifs is 1. The van der Waals surface area contributed by atoms with E-state index in [1.54, 1.807) is 16.8 Å². The summed E-state index contributed by atoms with van der Waals surface area (Å²) in [5.41, 5.74) is 2.25. The number of carbonyl (C=O) groups is 2. The van der Waals surface area contributed by atoms with E-state index in [1.165, 1.54) is 43.9 Å². The molecule has 2 aliphatic heterocycles. The number of amides is 2. The van der Waals surface area contributed by atoms with Gasteiger partial charge in [0.2, 0.25) is 0 Å². The van der Waals surface area contributed by atoms with Gasteiger partial charge in [-0.3, -0.25) is 9.59 Å². The first-order chi connectivity index (χ1) is 16.5. The van der Waals surface area contributed by atoms with Crippen LogP contribution in [0.4, 0.5) is 5.69 Å². The highest BCUT2D eigenvalue weighted by Gasteiger charge is 2.32. The number of quaternary nitrogens is 1. The minimum absolute atomic E-state index is 0.0637. The largest absolute Gasteiger partial charge is 0.330 e. The van der Waals surface area contributed by atoms with Crippen molar-refractivity contribution in [2.45, 2.75) is 43.0 Å². The van der Waals surface area contributed by atoms with E-state index in [2.05, 4.69) is 0 Å². The molecule has 34 heavy (non-hydrogen) atoms. The lowest BCUT2D eigenvalue weighted by Gasteiger charge is -2.38. The molecule has 1 aliphatic carbocycles. The van der Waals surface area contributed by atoms with Crippen LogP contribution in [0.2, 0.25) is 5.02 Å². The van der Waals surface area contributed by atoms with Crippen LogP contribution in [0.3, 0.4) is 0 Å². The maximum Gasteiger partial charge on any atom is 0.264 e. The van der Waals surface area contributed by atoms with Gasteiger partial charge in [0.25, 0.3) is 11.8 Å². The number of rotatable bonds is 3. The molecule has 7 heteroatoms. The van der Waals surface area contributed by atoms with Crippen molar-refractivity contribution in [3.05, 3.63) is 63.5 Å². The van der Waals surface area contributed by atoms with E-state index in [0.717, 1.165) is 48.4 Å². The highest BCUT2D eigenvalue weighted by molar-refractivity contribution is 8.04. The van der Waals surface area contributed by atoms with Crippen molar-refractivity contribution in [2.75, 3.05) is 38.1 Å². The highest BCUT2D eigenvalue weighted by Crippen LogP contribution is 2.42. The van der Waals surface area contributed by atoms with Crippen molar-refractivity contribution in [2.24, 2.45) is 0 Å². The number of nitrogens with zero attached hydrogens (tertiary/aromatic N) is 2. The van der Waals surface area contributed by atoms with Gasteiger partial charge in [-0.1, -0.05) is 48.0 Å². The third-order valence-electron chi connectivity index (χ3n) is 7.37. The zero-order chi connectivity index (χ0) is 23.7. The second-order valence-corrected chi connectivity index (χ2v) is 11.0. The fraction of sp³-hybridized carbons (Fsp3) is 0.407. The summed E-state index contributed by atoms with van der Waals surface area (Å²) in [4.78, 5) is 33.2. The van der Waals surface area contributed by atoms with Crippen LogP contribution in [-0.4, -0.2) is 56.0 Å². The Morgan fingerprint density at radius 1 is 1.09 bits per heavy atom. The lowest BCUT2D eigenvalue weighted by atomic mass is 9.94. The van der Waals surface area contributed by atoms with E-state index >= 15 is 0 Å². The van der Waals surface area contributed by atoms with Crippen molar-refractivity contribution in [3.8, 4) is 0 Å². The fourth-order valence-corrected chi connectivity index (χ4v) is 6.63. The summed E-state index contributed by atoms with van der Waals surface area (Å²) in [6.45, 7) is 3.67. The molecule has 5 rings (SSSR count). The molecule has 2 amide bonds. The number of piperazine rings is 1. The number of halogens is 1. The van der Waals surface area contributed by atoms with Crippen molar-refractivity contribution in [1.29, 1.82) is 0 Å². The predicted molar refractivity (Wildman–Crippen MR) is 139 cm³/mol. The second kappa shape index (κ2) is 10.1. The van der Waals surface area contributed by atoms with Gasteiger partial charge in [-0.2, -0.15) is 0 Å². The van der Waals surface area contributed by atoms with E-state index in [9.17, 15) is 9.59 Å². The highest BCUT2D eigenvalue weighted by atomic mass is 35.5. The Bertz CT molecular complexity index is 1120. The van der Waals surface area contributed by atoms with Gasteiger partial charge >= 0.3 is 0 Å². The summed E-state index contributed by atoms with van der Waals surface area (Å²) >= 11 is 7.72. The Morgan fingerprint density at radius 3 is 2.56 bits per heavy atom. The van der Waals surface area contributed by atoms with Crippen LogP contribution in [0.5, 0.6) is 0 Å². The minimum Gasteiger partial charge on any atom is -0.330 e. The van der Waals surface area contributed by atoms with Crippen LogP contribution < -0.4 is 9.80 Å². The molecule has 1 saturated carbocycles. The number of nitrogens with one attached hydrogen (secondary N) is 1. The van der Waals surface area contributed by atoms with Crippen molar-refractivity contribution < 1.29 is 14.5 Å². The Morgan fingerprint density at radius 2 is 1.82 bits per heavy atom. The third-order valence-corrected chi connectivity index (χ3v) is 8.79. The third kappa shape index (κ3) is 4.77. The molecule has 0 unspecified atom stereocenters. The van der Waals surface area contributed by atoms with Gasteiger partial charge in [0.05, 0.1) is 42.8 Å². The summed E-state index contributed by atoms with van der Waals surface area (Å²) < 4.78 is 0. The predicted octanol–water partition coefficient (Wildman–Crippen LogP) is 4.12. The molecule has 0 aromatic heterocycles. The Balaban J connectivity index is 1.29. The van der Waals surface area contributed by atoms with Crippen LogP contribution in [-0.2, 0) is 4.79 Å². The molecule has 2 aromatic rings. The topological polar surface area (TPSA) is 45.1 Å². The van der Waals surface area contributed by atoms with Crippen LogP contribution >= 0.6 is 23.4 Å². The summed E-state index contributed by atoms with van der Waals surface area (Å²) in [6, 6.07) is 14.0. The number of likely N-dealkylation sites (N-methyl/N-ethyl adjacent to an activating group) is 1. The number of hydrogen-bond acceptors (Lipinski definition) is 3. The summed E-state index contributed by atoms with van der Waals surface area (Å²) in [5, 5.41) is 0.614. The minimum atomic E-state index is -0.0910. The van der Waals surface area contributed by atoms with Crippen LogP contribution in [0.15, 0.2) is 52.3 Å². The second-order valence-electron chi connectivity index (χ2n) is 9.46. The van der Waals surface area contributed by atoms with Gasteiger partial charge in [0.1, 0.15) is 0 Å². The molecular weight excluding hydrogens is 466 g/mol. The van der Waals surface area contributed by atoms with Crippen molar-refractivity contribution >= 4 is 46.9 Å².